The minimum atomic E-state index is -4.37. The maximum Gasteiger partial charge on any atom is 0.398 e. The molecule has 38 heavy (non-hydrogen) atoms. The number of carbonyl (C=O) groups is 5. The summed E-state index contributed by atoms with van der Waals surface area (Å²) in [5.41, 5.74) is 5.51. The molecule has 4 amide bonds. The van der Waals surface area contributed by atoms with Gasteiger partial charge in [-0.2, -0.15) is 13.2 Å². The Hall–Kier alpha value is -4.02. The average Bonchev–Trinajstić information content (AvgIpc) is 3.63. The molecule has 2 atom stereocenters. The van der Waals surface area contributed by atoms with Crippen molar-refractivity contribution in [2.45, 2.75) is 62.2 Å². The number of fused-ring (bicyclic) bond motifs is 1. The van der Waals surface area contributed by atoms with Gasteiger partial charge in [0.05, 0.1) is 11.3 Å². The monoisotopic (exact) mass is 527 g/mol. The summed E-state index contributed by atoms with van der Waals surface area (Å²) in [7, 11) is 0. The molecule has 2 unspecified atom stereocenters. The lowest BCUT2D eigenvalue weighted by Crippen LogP contribution is -2.52. The van der Waals surface area contributed by atoms with Crippen LogP contribution in [0.25, 0.3) is 0 Å². The summed E-state index contributed by atoms with van der Waals surface area (Å²) in [4.78, 5) is 62.6. The summed E-state index contributed by atoms with van der Waals surface area (Å²) >= 11 is 0. The van der Waals surface area contributed by atoms with Crippen LogP contribution in [0.3, 0.4) is 0 Å². The fourth-order valence-electron chi connectivity index (χ4n) is 5.42. The zero-order chi connectivity index (χ0) is 27.4. The molecule has 2 fully saturated rings. The standard InChI is InChI=1S/C27H24F3N3O5/c28-27(29,30)26(9-10-26)17-4-2-15(3-5-17)19(22(35)23(31)36)12-14-1-6-18-16(11-14)13-33(25(18)38)20-7-8-21(34)32-24(20)37/h1-6,11,19-20H,7-10,12-13H2,(H2,31,36)(H,32,34,37). The Balaban J connectivity index is 1.38. The zero-order valence-corrected chi connectivity index (χ0v) is 20.1. The first-order chi connectivity index (χ1) is 17.9. The number of piperidine rings is 1. The average molecular weight is 527 g/mol. The Labute approximate surface area is 215 Å². The molecule has 0 spiro atoms. The second-order valence-corrected chi connectivity index (χ2v) is 10.1. The molecule has 1 aliphatic carbocycles. The molecule has 1 saturated heterocycles. The molecule has 1 saturated carbocycles. The molecule has 2 aromatic rings. The van der Waals surface area contributed by atoms with Crippen molar-refractivity contribution < 1.29 is 37.1 Å². The van der Waals surface area contributed by atoms with Gasteiger partial charge in [-0.05, 0) is 54.0 Å². The number of benzene rings is 2. The largest absolute Gasteiger partial charge is 0.398 e. The SMILES string of the molecule is NC(=O)C(=O)C(Cc1ccc2c(c1)CN(C1CCC(=O)NC1=O)C2=O)c1ccc(C2(C(F)(F)F)CC2)cc1. The molecule has 0 bridgehead atoms. The number of nitrogens with one attached hydrogen (secondary N) is 1. The number of primary amides is 1. The lowest BCUT2D eigenvalue weighted by Gasteiger charge is -2.29. The van der Waals surface area contributed by atoms with Gasteiger partial charge in [-0.25, -0.2) is 0 Å². The number of amides is 4. The van der Waals surface area contributed by atoms with Crippen LogP contribution in [0.4, 0.5) is 13.2 Å². The summed E-state index contributed by atoms with van der Waals surface area (Å²) in [6, 6.07) is 9.68. The molecule has 0 radical (unpaired) electrons. The number of carbonyl (C=O) groups excluding carboxylic acids is 5. The van der Waals surface area contributed by atoms with Gasteiger partial charge in [0.1, 0.15) is 6.04 Å². The van der Waals surface area contributed by atoms with E-state index in [0.29, 0.717) is 22.3 Å². The van der Waals surface area contributed by atoms with E-state index in [4.69, 9.17) is 5.73 Å². The smallest absolute Gasteiger partial charge is 0.363 e. The minimum Gasteiger partial charge on any atom is -0.363 e. The molecule has 8 nitrogen and oxygen atoms in total. The van der Waals surface area contributed by atoms with Crippen molar-refractivity contribution in [2.24, 2.45) is 5.73 Å². The van der Waals surface area contributed by atoms with Gasteiger partial charge in [-0.1, -0.05) is 36.4 Å². The normalized spacial score (nSPS) is 21.1. The lowest BCUT2D eigenvalue weighted by atomic mass is 9.85. The van der Waals surface area contributed by atoms with E-state index in [9.17, 15) is 37.1 Å². The highest BCUT2D eigenvalue weighted by atomic mass is 19.4. The summed E-state index contributed by atoms with van der Waals surface area (Å²) in [5.74, 6) is -4.33. The number of hydrogen-bond acceptors (Lipinski definition) is 5. The van der Waals surface area contributed by atoms with Gasteiger partial charge in [-0.3, -0.25) is 29.3 Å². The van der Waals surface area contributed by atoms with E-state index in [2.05, 4.69) is 5.32 Å². The fraction of sp³-hybridized carbons (Fsp3) is 0.370. The number of alkyl halides is 3. The maximum absolute atomic E-state index is 13.5. The van der Waals surface area contributed by atoms with E-state index in [1.165, 1.54) is 29.2 Å². The van der Waals surface area contributed by atoms with Crippen LogP contribution in [0.2, 0.25) is 0 Å². The van der Waals surface area contributed by atoms with E-state index in [-0.39, 0.29) is 56.0 Å². The third-order valence-corrected chi connectivity index (χ3v) is 7.75. The summed E-state index contributed by atoms with van der Waals surface area (Å²) in [6.07, 6.45) is -3.99. The van der Waals surface area contributed by atoms with Crippen molar-refractivity contribution in [1.82, 2.24) is 10.2 Å². The van der Waals surface area contributed by atoms with Gasteiger partial charge >= 0.3 is 6.18 Å². The summed E-state index contributed by atoms with van der Waals surface area (Å²) in [5, 5.41) is 2.24. The van der Waals surface area contributed by atoms with E-state index in [1.807, 2.05) is 0 Å². The fourth-order valence-corrected chi connectivity index (χ4v) is 5.42. The molecule has 3 aliphatic rings. The van der Waals surface area contributed by atoms with Crippen LogP contribution in [0.5, 0.6) is 0 Å². The molecule has 11 heteroatoms. The summed E-state index contributed by atoms with van der Waals surface area (Å²) < 4.78 is 40.5. The molecular formula is C27H24F3N3O5. The maximum atomic E-state index is 13.5. The molecule has 3 N–H and O–H groups in total. The van der Waals surface area contributed by atoms with Crippen molar-refractivity contribution in [3.8, 4) is 0 Å². The molecule has 2 aliphatic heterocycles. The van der Waals surface area contributed by atoms with E-state index < -0.39 is 41.1 Å². The predicted molar refractivity (Wildman–Crippen MR) is 127 cm³/mol. The van der Waals surface area contributed by atoms with E-state index in [1.54, 1.807) is 18.2 Å². The number of nitrogens with two attached hydrogens (primary N) is 1. The molecule has 198 valence electrons. The third kappa shape index (κ3) is 4.35. The predicted octanol–water partition coefficient (Wildman–Crippen LogP) is 2.42. The molecule has 0 aromatic heterocycles. The van der Waals surface area contributed by atoms with Crippen LogP contribution < -0.4 is 11.1 Å². The number of nitrogens with zero attached hydrogens (tertiary/aromatic N) is 1. The van der Waals surface area contributed by atoms with Crippen LogP contribution in [-0.2, 0) is 37.6 Å². The van der Waals surface area contributed by atoms with Gasteiger partial charge in [-0.15, -0.1) is 0 Å². The number of imide groups is 1. The van der Waals surface area contributed by atoms with E-state index >= 15 is 0 Å². The molecule has 2 heterocycles. The molecule has 5 rings (SSSR count). The first-order valence-corrected chi connectivity index (χ1v) is 12.2. The Morgan fingerprint density at radius 1 is 1.08 bits per heavy atom. The van der Waals surface area contributed by atoms with Crippen LogP contribution in [0, 0.1) is 0 Å². The highest BCUT2D eigenvalue weighted by Crippen LogP contribution is 2.58. The Morgan fingerprint density at radius 2 is 1.76 bits per heavy atom. The van der Waals surface area contributed by atoms with Crippen LogP contribution in [0.1, 0.15) is 64.2 Å². The highest BCUT2D eigenvalue weighted by Gasteiger charge is 2.64. The van der Waals surface area contributed by atoms with Crippen LogP contribution >= 0.6 is 0 Å². The van der Waals surface area contributed by atoms with Gasteiger partial charge < -0.3 is 10.6 Å². The highest BCUT2D eigenvalue weighted by molar-refractivity contribution is 6.37. The van der Waals surface area contributed by atoms with Gasteiger partial charge in [0.15, 0.2) is 0 Å². The zero-order valence-electron chi connectivity index (χ0n) is 20.1. The Morgan fingerprint density at radius 3 is 2.34 bits per heavy atom. The van der Waals surface area contributed by atoms with E-state index in [0.717, 1.165) is 0 Å². The first kappa shape index (κ1) is 25.6. The minimum absolute atomic E-state index is 0.00315. The number of Topliss-reactive ketones (excluding diaryl/α,β-unsaturated/α-hetero) is 1. The van der Waals surface area contributed by atoms with Crippen molar-refractivity contribution in [1.29, 1.82) is 0 Å². The van der Waals surface area contributed by atoms with Gasteiger partial charge in [0.25, 0.3) is 11.8 Å². The topological polar surface area (TPSA) is 127 Å². The second-order valence-electron chi connectivity index (χ2n) is 10.1. The Bertz CT molecular complexity index is 1370. The molecular weight excluding hydrogens is 503 g/mol. The number of halogens is 3. The third-order valence-electron chi connectivity index (χ3n) is 7.75. The van der Waals surface area contributed by atoms with Crippen molar-refractivity contribution >= 4 is 29.4 Å². The number of hydrogen-bond donors (Lipinski definition) is 2. The van der Waals surface area contributed by atoms with Crippen molar-refractivity contribution in [3.05, 3.63) is 70.3 Å². The first-order valence-electron chi connectivity index (χ1n) is 12.2. The number of rotatable bonds is 7. The van der Waals surface area contributed by atoms with Crippen LogP contribution in [0.15, 0.2) is 42.5 Å². The van der Waals surface area contributed by atoms with Crippen LogP contribution in [-0.4, -0.2) is 46.5 Å². The second kappa shape index (κ2) is 9.07. The number of ketones is 1. The molecule has 2 aromatic carbocycles. The van der Waals surface area contributed by atoms with Gasteiger partial charge in [0.2, 0.25) is 17.6 Å². The summed E-state index contributed by atoms with van der Waals surface area (Å²) in [6.45, 7) is 0.136. The quantitative estimate of drug-likeness (QED) is 0.423. The lowest BCUT2D eigenvalue weighted by molar-refractivity contribution is -0.160. The van der Waals surface area contributed by atoms with Gasteiger partial charge in [0, 0.05) is 18.5 Å². The van der Waals surface area contributed by atoms with Crippen molar-refractivity contribution in [3.63, 3.8) is 0 Å². The van der Waals surface area contributed by atoms with Crippen molar-refractivity contribution in [2.75, 3.05) is 0 Å². The Kier molecular flexibility index (Phi) is 6.12.